The Hall–Kier alpha value is -0.560. The van der Waals surface area contributed by atoms with Crippen molar-refractivity contribution < 1.29 is 13.2 Å². The van der Waals surface area contributed by atoms with Crippen molar-refractivity contribution in [3.8, 4) is 0 Å². The summed E-state index contributed by atoms with van der Waals surface area (Å²) in [7, 11) is 0. The lowest BCUT2D eigenvalue weighted by atomic mass is 10.0. The van der Waals surface area contributed by atoms with Crippen LogP contribution in [0.25, 0.3) is 0 Å². The Morgan fingerprint density at radius 1 is 1.33 bits per heavy atom. The molecule has 1 aromatic rings. The summed E-state index contributed by atoms with van der Waals surface area (Å²) >= 11 is 6.20. The van der Waals surface area contributed by atoms with E-state index in [2.05, 4.69) is 22.4 Å². The van der Waals surface area contributed by atoms with Gasteiger partial charge >= 0.3 is 6.18 Å². The van der Waals surface area contributed by atoms with Crippen LogP contribution >= 0.6 is 22.9 Å². The van der Waals surface area contributed by atoms with Gasteiger partial charge in [0.05, 0.1) is 0 Å². The zero-order valence-electron chi connectivity index (χ0n) is 9.93. The molecule has 0 aromatic carbocycles. The Labute approximate surface area is 113 Å². The van der Waals surface area contributed by atoms with Crippen LogP contribution in [0.4, 0.5) is 18.3 Å². The van der Waals surface area contributed by atoms with Gasteiger partial charge in [0.15, 0.2) is 0 Å². The summed E-state index contributed by atoms with van der Waals surface area (Å²) in [5.74, 6) is 0.904. The number of alkyl halides is 4. The van der Waals surface area contributed by atoms with Crippen molar-refractivity contribution in [3.05, 3.63) is 5.01 Å². The number of halogens is 4. The summed E-state index contributed by atoms with van der Waals surface area (Å²) in [6, 6.07) is 0. The highest BCUT2D eigenvalue weighted by molar-refractivity contribution is 7.15. The van der Waals surface area contributed by atoms with Crippen LogP contribution < -0.4 is 5.32 Å². The molecule has 3 nitrogen and oxygen atoms in total. The third kappa shape index (κ3) is 4.97. The SMILES string of the molecule is CCCC(CCCl)CNc1nnc(C(F)(F)F)s1. The van der Waals surface area contributed by atoms with Gasteiger partial charge in [-0.3, -0.25) is 0 Å². The topological polar surface area (TPSA) is 37.8 Å². The fourth-order valence-electron chi connectivity index (χ4n) is 1.55. The van der Waals surface area contributed by atoms with Crippen LogP contribution in [-0.4, -0.2) is 22.6 Å². The van der Waals surface area contributed by atoms with Crippen LogP contribution in [0, 0.1) is 5.92 Å². The van der Waals surface area contributed by atoms with Gasteiger partial charge in [-0.2, -0.15) is 13.2 Å². The Morgan fingerprint density at radius 2 is 2.06 bits per heavy atom. The highest BCUT2D eigenvalue weighted by Gasteiger charge is 2.35. The lowest BCUT2D eigenvalue weighted by Crippen LogP contribution is -2.14. The van der Waals surface area contributed by atoms with Crippen molar-refractivity contribution in [1.29, 1.82) is 0 Å². The Morgan fingerprint density at radius 3 is 2.56 bits per heavy atom. The number of anilines is 1. The van der Waals surface area contributed by atoms with Crippen molar-refractivity contribution in [1.82, 2.24) is 10.2 Å². The summed E-state index contributed by atoms with van der Waals surface area (Å²) in [4.78, 5) is 0. The fourth-order valence-corrected chi connectivity index (χ4v) is 2.48. The Bertz CT molecular complexity index is 350. The molecule has 1 N–H and O–H groups in total. The second kappa shape index (κ2) is 7.13. The average Bonchev–Trinajstić information content (AvgIpc) is 2.75. The summed E-state index contributed by atoms with van der Waals surface area (Å²) in [6.07, 6.45) is -1.57. The predicted molar refractivity (Wildman–Crippen MR) is 67.1 cm³/mol. The molecule has 1 rings (SSSR count). The molecule has 0 aliphatic rings. The molecule has 1 aromatic heterocycles. The van der Waals surface area contributed by atoms with E-state index in [0.29, 0.717) is 29.7 Å². The molecular formula is C10H15ClF3N3S. The standard InChI is InChI=1S/C10H15ClF3N3S/c1-2-3-7(4-5-11)6-15-9-17-16-8(18-9)10(12,13)14/h7H,2-6H2,1H3,(H,15,17). The summed E-state index contributed by atoms with van der Waals surface area (Å²) in [5.41, 5.74) is 0. The average molecular weight is 302 g/mol. The number of hydrogen-bond acceptors (Lipinski definition) is 4. The van der Waals surface area contributed by atoms with Gasteiger partial charge in [0.25, 0.3) is 0 Å². The molecule has 18 heavy (non-hydrogen) atoms. The fraction of sp³-hybridized carbons (Fsp3) is 0.800. The van der Waals surface area contributed by atoms with Gasteiger partial charge in [-0.1, -0.05) is 24.7 Å². The molecular weight excluding hydrogens is 287 g/mol. The monoisotopic (exact) mass is 301 g/mol. The minimum absolute atomic E-state index is 0.206. The minimum atomic E-state index is -4.42. The van der Waals surface area contributed by atoms with Crippen LogP contribution in [0.2, 0.25) is 0 Å². The zero-order valence-corrected chi connectivity index (χ0v) is 11.5. The van der Waals surface area contributed by atoms with Gasteiger partial charge in [-0.05, 0) is 18.8 Å². The summed E-state index contributed by atoms with van der Waals surface area (Å²) < 4.78 is 36.9. The van der Waals surface area contributed by atoms with Gasteiger partial charge in [0.2, 0.25) is 10.1 Å². The lowest BCUT2D eigenvalue weighted by molar-refractivity contribution is -0.138. The maximum Gasteiger partial charge on any atom is 0.445 e. The van der Waals surface area contributed by atoms with E-state index in [9.17, 15) is 13.2 Å². The summed E-state index contributed by atoms with van der Waals surface area (Å²) in [6.45, 7) is 2.64. The van der Waals surface area contributed by atoms with Gasteiger partial charge in [0, 0.05) is 12.4 Å². The number of rotatable bonds is 7. The van der Waals surface area contributed by atoms with Crippen molar-refractivity contribution in [2.75, 3.05) is 17.7 Å². The Kier molecular flexibility index (Phi) is 6.14. The number of nitrogens with one attached hydrogen (secondary N) is 1. The van der Waals surface area contributed by atoms with E-state index in [4.69, 9.17) is 11.6 Å². The second-order valence-corrected chi connectivity index (χ2v) is 5.28. The van der Waals surface area contributed by atoms with E-state index < -0.39 is 11.2 Å². The van der Waals surface area contributed by atoms with Gasteiger partial charge in [0.1, 0.15) is 0 Å². The van der Waals surface area contributed by atoms with E-state index >= 15 is 0 Å². The third-order valence-electron chi connectivity index (χ3n) is 2.42. The molecule has 0 bridgehead atoms. The highest BCUT2D eigenvalue weighted by atomic mass is 35.5. The molecule has 1 heterocycles. The van der Waals surface area contributed by atoms with Crippen LogP contribution in [0.1, 0.15) is 31.2 Å². The first kappa shape index (κ1) is 15.5. The molecule has 0 aliphatic carbocycles. The number of hydrogen-bond donors (Lipinski definition) is 1. The van der Waals surface area contributed by atoms with E-state index in [1.54, 1.807) is 0 Å². The first-order valence-electron chi connectivity index (χ1n) is 5.68. The van der Waals surface area contributed by atoms with Gasteiger partial charge < -0.3 is 5.32 Å². The van der Waals surface area contributed by atoms with Crippen molar-refractivity contribution in [2.24, 2.45) is 5.92 Å². The summed E-state index contributed by atoms with van der Waals surface area (Å²) in [5, 5.41) is 8.77. The Balaban J connectivity index is 2.49. The third-order valence-corrected chi connectivity index (χ3v) is 3.57. The molecule has 0 aliphatic heterocycles. The van der Waals surface area contributed by atoms with E-state index in [1.165, 1.54) is 0 Å². The molecule has 0 saturated carbocycles. The number of aromatic nitrogens is 2. The zero-order chi connectivity index (χ0) is 13.6. The van der Waals surface area contributed by atoms with E-state index in [0.717, 1.165) is 19.3 Å². The van der Waals surface area contributed by atoms with Gasteiger partial charge in [-0.15, -0.1) is 21.8 Å². The van der Waals surface area contributed by atoms with Crippen LogP contribution in [0.5, 0.6) is 0 Å². The highest BCUT2D eigenvalue weighted by Crippen LogP contribution is 2.33. The minimum Gasteiger partial charge on any atom is -0.360 e. The van der Waals surface area contributed by atoms with Crippen LogP contribution in [0.15, 0.2) is 0 Å². The van der Waals surface area contributed by atoms with Crippen molar-refractivity contribution in [2.45, 2.75) is 32.4 Å². The molecule has 0 spiro atoms. The molecule has 104 valence electrons. The second-order valence-electron chi connectivity index (χ2n) is 3.92. The van der Waals surface area contributed by atoms with Gasteiger partial charge in [-0.25, -0.2) is 0 Å². The molecule has 1 atom stereocenters. The molecule has 0 fully saturated rings. The molecule has 1 unspecified atom stereocenters. The van der Waals surface area contributed by atoms with E-state index in [-0.39, 0.29) is 5.13 Å². The normalized spacial score (nSPS) is 13.6. The van der Waals surface area contributed by atoms with E-state index in [1.807, 2.05) is 0 Å². The van der Waals surface area contributed by atoms with Crippen molar-refractivity contribution in [3.63, 3.8) is 0 Å². The maximum absolute atomic E-state index is 12.3. The van der Waals surface area contributed by atoms with Crippen LogP contribution in [0.3, 0.4) is 0 Å². The van der Waals surface area contributed by atoms with Crippen molar-refractivity contribution >= 4 is 28.1 Å². The lowest BCUT2D eigenvalue weighted by Gasteiger charge is -2.14. The number of nitrogens with zero attached hydrogens (tertiary/aromatic N) is 2. The molecule has 8 heteroatoms. The quantitative estimate of drug-likeness (QED) is 0.773. The predicted octanol–water partition coefficient (Wildman–Crippen LogP) is 4.01. The first-order valence-corrected chi connectivity index (χ1v) is 7.03. The molecule has 0 amide bonds. The van der Waals surface area contributed by atoms with Crippen LogP contribution in [-0.2, 0) is 6.18 Å². The molecule has 0 radical (unpaired) electrons. The molecule has 0 saturated heterocycles. The largest absolute Gasteiger partial charge is 0.445 e. The smallest absolute Gasteiger partial charge is 0.360 e. The first-order chi connectivity index (χ1) is 8.47. The maximum atomic E-state index is 12.3.